The first-order valence-electron chi connectivity index (χ1n) is 6.65. The zero-order valence-corrected chi connectivity index (χ0v) is 13.8. The summed E-state index contributed by atoms with van der Waals surface area (Å²) in [4.78, 5) is 23.2. The first-order valence-corrected chi connectivity index (χ1v) is 7.87. The Morgan fingerprint density at radius 3 is 1.50 bits per heavy atom. The standard InChI is InChI=1S/C14H23O7P/c1-9(2)13(17)11(5-15)7-20-22(19)21-8-12(6-16)14(18)10(3)4/h11-12,15-16,22H,1,3,5-8H2,2,4H3. The predicted molar refractivity (Wildman–Crippen MR) is 81.7 cm³/mol. The van der Waals surface area contributed by atoms with Crippen LogP contribution in [-0.2, 0) is 23.2 Å². The second-order valence-corrected chi connectivity index (χ2v) is 6.00. The Morgan fingerprint density at radius 1 is 0.955 bits per heavy atom. The molecule has 0 saturated heterocycles. The van der Waals surface area contributed by atoms with E-state index in [1.165, 1.54) is 13.8 Å². The highest BCUT2D eigenvalue weighted by molar-refractivity contribution is 7.33. The molecule has 0 aliphatic heterocycles. The number of carbonyl (C=O) groups is 2. The molecular weight excluding hydrogens is 311 g/mol. The molecule has 126 valence electrons. The van der Waals surface area contributed by atoms with Crippen LogP contribution in [-0.4, -0.2) is 48.2 Å². The molecule has 0 aromatic heterocycles. The van der Waals surface area contributed by atoms with Crippen molar-refractivity contribution < 1.29 is 33.4 Å². The molecule has 2 atom stereocenters. The summed E-state index contributed by atoms with van der Waals surface area (Å²) in [5.41, 5.74) is 0.520. The first-order chi connectivity index (χ1) is 10.2. The van der Waals surface area contributed by atoms with Crippen LogP contribution in [0.3, 0.4) is 0 Å². The molecule has 0 bridgehead atoms. The quantitative estimate of drug-likeness (QED) is 0.403. The van der Waals surface area contributed by atoms with Gasteiger partial charge in [0, 0.05) is 0 Å². The highest BCUT2D eigenvalue weighted by atomic mass is 31.1. The SMILES string of the molecule is C=C(C)C(=O)C(CO)CO[PH](=O)OCC(CO)C(=O)C(=C)C. The molecule has 0 fully saturated rings. The van der Waals surface area contributed by atoms with Crippen molar-refractivity contribution in [1.82, 2.24) is 0 Å². The van der Waals surface area contributed by atoms with Gasteiger partial charge in [-0.25, -0.2) is 0 Å². The van der Waals surface area contributed by atoms with Crippen molar-refractivity contribution in [3.63, 3.8) is 0 Å². The van der Waals surface area contributed by atoms with Gasteiger partial charge in [-0.05, 0) is 25.0 Å². The maximum Gasteiger partial charge on any atom is 0.319 e. The van der Waals surface area contributed by atoms with Crippen LogP contribution >= 0.6 is 8.25 Å². The van der Waals surface area contributed by atoms with Crippen LogP contribution in [0, 0.1) is 11.8 Å². The lowest BCUT2D eigenvalue weighted by Crippen LogP contribution is -2.24. The molecular formula is C14H23O7P. The van der Waals surface area contributed by atoms with Gasteiger partial charge in [0.2, 0.25) is 0 Å². The maximum atomic E-state index is 11.6. The number of allylic oxidation sites excluding steroid dienone is 2. The average molecular weight is 334 g/mol. The van der Waals surface area contributed by atoms with Crippen molar-refractivity contribution in [1.29, 1.82) is 0 Å². The van der Waals surface area contributed by atoms with E-state index in [0.717, 1.165) is 0 Å². The fourth-order valence-electron chi connectivity index (χ4n) is 1.50. The van der Waals surface area contributed by atoms with E-state index >= 15 is 0 Å². The van der Waals surface area contributed by atoms with Crippen LogP contribution in [0.1, 0.15) is 13.8 Å². The lowest BCUT2D eigenvalue weighted by atomic mass is 10.0. The summed E-state index contributed by atoms with van der Waals surface area (Å²) in [6, 6.07) is 0. The summed E-state index contributed by atoms with van der Waals surface area (Å²) in [7, 11) is -2.95. The summed E-state index contributed by atoms with van der Waals surface area (Å²) in [6.45, 7) is 8.45. The third-order valence-electron chi connectivity index (χ3n) is 2.83. The Balaban J connectivity index is 4.34. The third-order valence-corrected chi connectivity index (χ3v) is 3.63. The Bertz CT molecular complexity index is 418. The number of aliphatic hydroxyl groups excluding tert-OH is 2. The van der Waals surface area contributed by atoms with Gasteiger partial charge in [0.15, 0.2) is 11.6 Å². The van der Waals surface area contributed by atoms with Crippen LogP contribution in [0.5, 0.6) is 0 Å². The van der Waals surface area contributed by atoms with E-state index in [1.807, 2.05) is 0 Å². The van der Waals surface area contributed by atoms with Crippen LogP contribution in [0.25, 0.3) is 0 Å². The Morgan fingerprint density at radius 2 is 1.27 bits per heavy atom. The van der Waals surface area contributed by atoms with E-state index < -0.39 is 33.3 Å². The molecule has 8 heteroatoms. The van der Waals surface area contributed by atoms with Gasteiger partial charge in [-0.2, -0.15) is 0 Å². The summed E-state index contributed by atoms with van der Waals surface area (Å²) in [5.74, 6) is -2.49. The number of Topliss-reactive ketones (excluding diaryl/α,β-unsaturated/α-hetero) is 2. The highest BCUT2D eigenvalue weighted by Crippen LogP contribution is 2.26. The fraction of sp³-hybridized carbons (Fsp3) is 0.571. The molecule has 0 heterocycles. The second-order valence-electron chi connectivity index (χ2n) is 4.92. The van der Waals surface area contributed by atoms with Crippen molar-refractivity contribution in [2.24, 2.45) is 11.8 Å². The summed E-state index contributed by atoms with van der Waals surface area (Å²) in [6.07, 6.45) is 0. The molecule has 0 aliphatic carbocycles. The molecule has 2 N–H and O–H groups in total. The van der Waals surface area contributed by atoms with E-state index in [9.17, 15) is 14.2 Å². The van der Waals surface area contributed by atoms with Gasteiger partial charge in [-0.3, -0.25) is 14.2 Å². The number of aliphatic hydroxyl groups is 2. The van der Waals surface area contributed by atoms with E-state index in [2.05, 4.69) is 13.2 Å². The van der Waals surface area contributed by atoms with E-state index in [-0.39, 0.29) is 35.9 Å². The Hall–Kier alpha value is -1.11. The minimum atomic E-state index is -2.95. The summed E-state index contributed by atoms with van der Waals surface area (Å²) >= 11 is 0. The van der Waals surface area contributed by atoms with Gasteiger partial charge < -0.3 is 19.3 Å². The lowest BCUT2D eigenvalue weighted by molar-refractivity contribution is -0.121. The summed E-state index contributed by atoms with van der Waals surface area (Å²) < 4.78 is 21.4. The molecule has 0 aromatic rings. The van der Waals surface area contributed by atoms with E-state index in [4.69, 9.17) is 19.3 Å². The second kappa shape index (κ2) is 10.6. The van der Waals surface area contributed by atoms with Gasteiger partial charge in [0.05, 0.1) is 38.3 Å². The molecule has 22 heavy (non-hydrogen) atoms. The third kappa shape index (κ3) is 7.24. The molecule has 0 amide bonds. The smallest absolute Gasteiger partial charge is 0.319 e. The Kier molecular flexibility index (Phi) is 10.1. The average Bonchev–Trinajstić information content (AvgIpc) is 2.47. The van der Waals surface area contributed by atoms with Crippen LogP contribution in [0.4, 0.5) is 0 Å². The van der Waals surface area contributed by atoms with E-state index in [1.54, 1.807) is 0 Å². The number of carbonyl (C=O) groups excluding carboxylic acids is 2. The molecule has 0 rings (SSSR count). The van der Waals surface area contributed by atoms with Crippen molar-refractivity contribution in [2.75, 3.05) is 26.4 Å². The van der Waals surface area contributed by atoms with Crippen molar-refractivity contribution in [3.05, 3.63) is 24.3 Å². The predicted octanol–water partition coefficient (Wildman–Crippen LogP) is 0.917. The Labute approximate surface area is 130 Å². The monoisotopic (exact) mass is 334 g/mol. The topological polar surface area (TPSA) is 110 Å². The minimum Gasteiger partial charge on any atom is -0.396 e. The molecule has 0 saturated carbocycles. The van der Waals surface area contributed by atoms with Gasteiger partial charge in [-0.15, -0.1) is 0 Å². The number of rotatable bonds is 12. The largest absolute Gasteiger partial charge is 0.396 e. The zero-order valence-electron chi connectivity index (χ0n) is 12.8. The molecule has 2 unspecified atom stereocenters. The van der Waals surface area contributed by atoms with Crippen LogP contribution < -0.4 is 0 Å². The summed E-state index contributed by atoms with van der Waals surface area (Å²) in [5, 5.41) is 18.2. The minimum absolute atomic E-state index is 0.260. The van der Waals surface area contributed by atoms with Crippen LogP contribution in [0.15, 0.2) is 24.3 Å². The number of ketones is 2. The lowest BCUT2D eigenvalue weighted by Gasteiger charge is -2.15. The fourth-order valence-corrected chi connectivity index (χ4v) is 2.26. The number of hydrogen-bond acceptors (Lipinski definition) is 7. The van der Waals surface area contributed by atoms with Crippen LogP contribution in [0.2, 0.25) is 0 Å². The van der Waals surface area contributed by atoms with Crippen molar-refractivity contribution in [2.45, 2.75) is 13.8 Å². The van der Waals surface area contributed by atoms with Gasteiger partial charge in [0.25, 0.3) is 0 Å². The zero-order chi connectivity index (χ0) is 17.3. The van der Waals surface area contributed by atoms with Gasteiger partial charge >= 0.3 is 8.25 Å². The normalized spacial score (nSPS) is 14.9. The van der Waals surface area contributed by atoms with E-state index in [0.29, 0.717) is 0 Å². The highest BCUT2D eigenvalue weighted by Gasteiger charge is 2.22. The van der Waals surface area contributed by atoms with Gasteiger partial charge in [-0.1, -0.05) is 13.2 Å². The van der Waals surface area contributed by atoms with Gasteiger partial charge in [0.1, 0.15) is 0 Å². The molecule has 0 aromatic carbocycles. The molecule has 0 spiro atoms. The molecule has 7 nitrogen and oxygen atoms in total. The van der Waals surface area contributed by atoms with Crippen molar-refractivity contribution in [3.8, 4) is 0 Å². The van der Waals surface area contributed by atoms with Crippen molar-refractivity contribution >= 4 is 19.8 Å². The number of hydrogen-bond donors (Lipinski definition) is 2. The molecule has 0 aliphatic rings. The maximum absolute atomic E-state index is 11.6. The molecule has 0 radical (unpaired) electrons. The first kappa shape index (κ1) is 20.9.